The van der Waals surface area contributed by atoms with E-state index < -0.39 is 0 Å². The molecule has 0 unspecified atom stereocenters. The molecule has 6 heteroatoms. The van der Waals surface area contributed by atoms with Crippen LogP contribution in [0.2, 0.25) is 0 Å². The van der Waals surface area contributed by atoms with Gasteiger partial charge in [0.05, 0.1) is 7.11 Å². The molecular formula is C13H16N2O4. The van der Waals surface area contributed by atoms with Crippen LogP contribution in [0.25, 0.3) is 0 Å². The van der Waals surface area contributed by atoms with E-state index in [9.17, 15) is 4.79 Å². The monoisotopic (exact) mass is 264 g/mol. The second kappa shape index (κ2) is 6.08. The predicted octanol–water partition coefficient (Wildman–Crippen LogP) is 1.56. The summed E-state index contributed by atoms with van der Waals surface area (Å²) in [7, 11) is 1.47. The Morgan fingerprint density at radius 2 is 2.21 bits per heavy atom. The van der Waals surface area contributed by atoms with Crippen LogP contribution in [-0.2, 0) is 4.74 Å². The maximum atomic E-state index is 12.0. The summed E-state index contributed by atoms with van der Waals surface area (Å²) in [6.07, 6.45) is 0.882. The molecule has 102 valence electrons. The Balaban J connectivity index is 2.07. The van der Waals surface area contributed by atoms with E-state index in [1.807, 2.05) is 6.92 Å². The number of amidine groups is 1. The van der Waals surface area contributed by atoms with E-state index in [0.29, 0.717) is 23.6 Å². The molecule has 1 aromatic carbocycles. The molecule has 0 saturated carbocycles. The number of nitrogens with one attached hydrogen (secondary N) is 1. The van der Waals surface area contributed by atoms with Gasteiger partial charge in [0.1, 0.15) is 0 Å². The van der Waals surface area contributed by atoms with Crippen molar-refractivity contribution in [3.05, 3.63) is 23.8 Å². The highest BCUT2D eigenvalue weighted by Gasteiger charge is 2.17. The smallest absolute Gasteiger partial charge is 0.291 e. The lowest BCUT2D eigenvalue weighted by Gasteiger charge is -2.07. The number of amides is 1. The van der Waals surface area contributed by atoms with E-state index in [0.717, 1.165) is 6.42 Å². The van der Waals surface area contributed by atoms with Gasteiger partial charge >= 0.3 is 0 Å². The summed E-state index contributed by atoms with van der Waals surface area (Å²) in [4.78, 5) is 16.1. The van der Waals surface area contributed by atoms with Crippen LogP contribution >= 0.6 is 0 Å². The molecule has 6 nitrogen and oxygen atoms in total. The minimum Gasteiger partial charge on any atom is -0.468 e. The van der Waals surface area contributed by atoms with Crippen LogP contribution in [0.3, 0.4) is 0 Å². The van der Waals surface area contributed by atoms with Crippen molar-refractivity contribution in [2.24, 2.45) is 4.99 Å². The first-order valence-corrected chi connectivity index (χ1v) is 6.04. The second-order valence-corrected chi connectivity index (χ2v) is 3.91. The van der Waals surface area contributed by atoms with Gasteiger partial charge in [0.15, 0.2) is 11.5 Å². The van der Waals surface area contributed by atoms with Crippen molar-refractivity contribution >= 4 is 11.9 Å². The van der Waals surface area contributed by atoms with Crippen molar-refractivity contribution in [3.63, 3.8) is 0 Å². The first kappa shape index (κ1) is 13.2. The van der Waals surface area contributed by atoms with Crippen molar-refractivity contribution in [2.75, 3.05) is 20.4 Å². The van der Waals surface area contributed by atoms with E-state index in [1.165, 1.54) is 7.11 Å². The molecule has 0 spiro atoms. The van der Waals surface area contributed by atoms with Gasteiger partial charge in [-0.3, -0.25) is 10.1 Å². The quantitative estimate of drug-likeness (QED) is 0.664. The molecule has 0 bridgehead atoms. The van der Waals surface area contributed by atoms with E-state index in [2.05, 4.69) is 10.3 Å². The van der Waals surface area contributed by atoms with Crippen LogP contribution in [0, 0.1) is 0 Å². The van der Waals surface area contributed by atoms with Crippen LogP contribution in [0.1, 0.15) is 23.7 Å². The minimum absolute atomic E-state index is 0.182. The SMILES string of the molecule is CCCN=C(NC(=O)c1ccc2c(c1)OCO2)OC. The predicted molar refractivity (Wildman–Crippen MR) is 69.6 cm³/mol. The molecule has 1 heterocycles. The number of carbonyl (C=O) groups is 1. The van der Waals surface area contributed by atoms with Gasteiger partial charge in [0, 0.05) is 12.1 Å². The maximum Gasteiger partial charge on any atom is 0.291 e. The van der Waals surface area contributed by atoms with Gasteiger partial charge in [-0.25, -0.2) is 4.99 Å². The summed E-state index contributed by atoms with van der Waals surface area (Å²) < 4.78 is 15.4. The van der Waals surface area contributed by atoms with Crippen molar-refractivity contribution in [3.8, 4) is 11.5 Å². The van der Waals surface area contributed by atoms with E-state index >= 15 is 0 Å². The Morgan fingerprint density at radius 1 is 1.42 bits per heavy atom. The lowest BCUT2D eigenvalue weighted by Crippen LogP contribution is -2.32. The van der Waals surface area contributed by atoms with Crippen molar-refractivity contribution in [2.45, 2.75) is 13.3 Å². The van der Waals surface area contributed by atoms with Gasteiger partial charge in [-0.15, -0.1) is 0 Å². The molecule has 2 rings (SSSR count). The topological polar surface area (TPSA) is 69.2 Å². The average molecular weight is 264 g/mol. The van der Waals surface area contributed by atoms with Crippen molar-refractivity contribution in [1.29, 1.82) is 0 Å². The van der Waals surface area contributed by atoms with Crippen LogP contribution in [0.15, 0.2) is 23.2 Å². The molecule has 1 aromatic rings. The highest BCUT2D eigenvalue weighted by atomic mass is 16.7. The number of benzene rings is 1. The summed E-state index contributed by atoms with van der Waals surface area (Å²) in [6.45, 7) is 2.78. The zero-order valence-electron chi connectivity index (χ0n) is 10.9. The molecule has 1 N–H and O–H groups in total. The van der Waals surface area contributed by atoms with Crippen LogP contribution < -0.4 is 14.8 Å². The number of nitrogens with zero attached hydrogens (tertiary/aromatic N) is 1. The summed E-state index contributed by atoms with van der Waals surface area (Å²) in [5, 5.41) is 2.60. The highest BCUT2D eigenvalue weighted by Crippen LogP contribution is 2.32. The lowest BCUT2D eigenvalue weighted by atomic mass is 10.2. The third-order valence-electron chi connectivity index (χ3n) is 2.53. The van der Waals surface area contributed by atoms with E-state index in [-0.39, 0.29) is 18.7 Å². The molecule has 1 amide bonds. The third-order valence-corrected chi connectivity index (χ3v) is 2.53. The number of hydrogen-bond donors (Lipinski definition) is 1. The Hall–Kier alpha value is -2.24. The first-order chi connectivity index (χ1) is 9.24. The normalized spacial score (nSPS) is 13.3. The molecule has 0 radical (unpaired) electrons. The van der Waals surface area contributed by atoms with E-state index in [4.69, 9.17) is 14.2 Å². The fraction of sp³-hybridized carbons (Fsp3) is 0.385. The van der Waals surface area contributed by atoms with Gasteiger partial charge < -0.3 is 14.2 Å². The zero-order valence-corrected chi connectivity index (χ0v) is 10.9. The molecule has 0 atom stereocenters. The fourth-order valence-corrected chi connectivity index (χ4v) is 1.58. The number of rotatable bonds is 3. The van der Waals surface area contributed by atoms with Gasteiger partial charge in [-0.05, 0) is 24.6 Å². The third kappa shape index (κ3) is 3.15. The van der Waals surface area contributed by atoms with Gasteiger partial charge in [0.25, 0.3) is 11.9 Å². The number of ether oxygens (including phenoxy) is 3. The molecule has 0 saturated heterocycles. The van der Waals surface area contributed by atoms with Crippen molar-refractivity contribution in [1.82, 2.24) is 5.32 Å². The number of methoxy groups -OCH3 is 1. The number of aliphatic imine (C=N–C) groups is 1. The molecule has 1 aliphatic heterocycles. The molecular weight excluding hydrogens is 248 g/mol. The zero-order chi connectivity index (χ0) is 13.7. The fourth-order valence-electron chi connectivity index (χ4n) is 1.58. The second-order valence-electron chi connectivity index (χ2n) is 3.91. The number of fused-ring (bicyclic) bond motifs is 1. The molecule has 1 aliphatic rings. The van der Waals surface area contributed by atoms with Gasteiger partial charge in [-0.2, -0.15) is 0 Å². The average Bonchev–Trinajstić information content (AvgIpc) is 2.90. The van der Waals surface area contributed by atoms with E-state index in [1.54, 1.807) is 18.2 Å². The molecule has 0 fully saturated rings. The molecule has 0 aromatic heterocycles. The standard InChI is InChI=1S/C13H16N2O4/c1-3-6-14-13(17-2)15-12(16)9-4-5-10-11(7-9)19-8-18-10/h4-5,7H,3,6,8H2,1-2H3,(H,14,15,16). The van der Waals surface area contributed by atoms with Crippen molar-refractivity contribution < 1.29 is 19.0 Å². The highest BCUT2D eigenvalue weighted by molar-refractivity contribution is 6.04. The summed E-state index contributed by atoms with van der Waals surface area (Å²) in [5.74, 6) is 0.912. The lowest BCUT2D eigenvalue weighted by molar-refractivity contribution is 0.0968. The Kier molecular flexibility index (Phi) is 4.22. The Morgan fingerprint density at radius 3 is 2.95 bits per heavy atom. The Bertz CT molecular complexity index is 499. The largest absolute Gasteiger partial charge is 0.468 e. The Labute approximate surface area is 111 Å². The van der Waals surface area contributed by atoms with Gasteiger partial charge in [-0.1, -0.05) is 6.92 Å². The number of carbonyl (C=O) groups excluding carboxylic acids is 1. The van der Waals surface area contributed by atoms with Crippen LogP contribution in [-0.4, -0.2) is 32.4 Å². The minimum atomic E-state index is -0.296. The van der Waals surface area contributed by atoms with Crippen LogP contribution in [0.5, 0.6) is 11.5 Å². The molecule has 0 aliphatic carbocycles. The summed E-state index contributed by atoms with van der Waals surface area (Å²) in [6, 6.07) is 5.21. The first-order valence-electron chi connectivity index (χ1n) is 6.04. The van der Waals surface area contributed by atoms with Gasteiger partial charge in [0.2, 0.25) is 6.79 Å². The number of hydrogen-bond acceptors (Lipinski definition) is 5. The summed E-state index contributed by atoms with van der Waals surface area (Å²) in [5.41, 5.74) is 0.463. The molecule has 19 heavy (non-hydrogen) atoms. The maximum absolute atomic E-state index is 12.0. The summed E-state index contributed by atoms with van der Waals surface area (Å²) >= 11 is 0. The van der Waals surface area contributed by atoms with Crippen LogP contribution in [0.4, 0.5) is 0 Å².